The van der Waals surface area contributed by atoms with Gasteiger partial charge in [0.05, 0.1) is 0 Å². The van der Waals surface area contributed by atoms with Crippen molar-refractivity contribution in [2.45, 2.75) is 6.18 Å². The number of alkyl halides is 3. The summed E-state index contributed by atoms with van der Waals surface area (Å²) < 4.78 is 35.4. The van der Waals surface area contributed by atoms with Gasteiger partial charge in [0.25, 0.3) is 0 Å². The highest BCUT2D eigenvalue weighted by Gasteiger charge is 2.30. The number of likely N-dealkylation sites (N-methyl/N-ethyl adjacent to an activating group) is 1. The molecule has 8 heteroatoms. The maximum atomic E-state index is 11.8. The molecule has 0 aromatic carbocycles. The molecule has 0 atom stereocenters. The van der Waals surface area contributed by atoms with Crippen LogP contribution < -0.4 is 5.32 Å². The van der Waals surface area contributed by atoms with Crippen LogP contribution in [0.5, 0.6) is 0 Å². The summed E-state index contributed by atoms with van der Waals surface area (Å²) in [4.78, 5) is 24.9. The van der Waals surface area contributed by atoms with Crippen LogP contribution in [-0.2, 0) is 4.79 Å². The number of nitrogens with zero attached hydrogens (tertiary/aromatic N) is 2. The molecule has 1 N–H and O–H groups in total. The molecule has 1 aliphatic heterocycles. The normalized spacial score (nSPS) is 17.6. The van der Waals surface area contributed by atoms with E-state index in [9.17, 15) is 22.8 Å². The number of carbonyl (C=O) groups excluding carboxylic acids is 2. The predicted octanol–water partition coefficient (Wildman–Crippen LogP) is 0.0323. The van der Waals surface area contributed by atoms with Crippen LogP contribution in [0.4, 0.5) is 18.0 Å². The topological polar surface area (TPSA) is 52.6 Å². The van der Waals surface area contributed by atoms with E-state index >= 15 is 0 Å². The predicted molar refractivity (Wildman–Crippen MR) is 48.7 cm³/mol. The Labute approximate surface area is 90.2 Å². The lowest BCUT2D eigenvalue weighted by molar-refractivity contribution is -0.133. The number of carbonyl (C=O) groups is 2. The van der Waals surface area contributed by atoms with Crippen LogP contribution >= 0.6 is 0 Å². The second-order valence-corrected chi connectivity index (χ2v) is 3.51. The first-order valence-electron chi connectivity index (χ1n) is 4.63. The quantitative estimate of drug-likeness (QED) is 0.702. The number of hydrogen-bond donors (Lipinski definition) is 1. The maximum absolute atomic E-state index is 11.8. The first kappa shape index (κ1) is 12.6. The van der Waals surface area contributed by atoms with Crippen molar-refractivity contribution in [1.29, 1.82) is 0 Å². The van der Waals surface area contributed by atoms with Crippen LogP contribution in [0.15, 0.2) is 0 Å². The molecular formula is C8H12F3N3O2. The van der Waals surface area contributed by atoms with E-state index in [2.05, 4.69) is 0 Å². The number of piperazine rings is 1. The Morgan fingerprint density at radius 2 is 2.06 bits per heavy atom. The molecule has 1 aliphatic rings. The molecule has 1 saturated heterocycles. The van der Waals surface area contributed by atoms with Gasteiger partial charge >= 0.3 is 12.2 Å². The molecule has 92 valence electrons. The maximum Gasteiger partial charge on any atom is 0.405 e. The summed E-state index contributed by atoms with van der Waals surface area (Å²) in [6.45, 7) is -0.989. The van der Waals surface area contributed by atoms with Crippen LogP contribution in [0.1, 0.15) is 0 Å². The number of urea groups is 1. The lowest BCUT2D eigenvalue weighted by Crippen LogP contribution is -2.54. The Morgan fingerprint density at radius 3 is 2.56 bits per heavy atom. The van der Waals surface area contributed by atoms with Gasteiger partial charge in [0.15, 0.2) is 0 Å². The zero-order chi connectivity index (χ0) is 12.3. The van der Waals surface area contributed by atoms with E-state index in [1.54, 1.807) is 12.4 Å². The fraction of sp³-hybridized carbons (Fsp3) is 0.750. The van der Waals surface area contributed by atoms with Crippen LogP contribution in [0.25, 0.3) is 0 Å². The van der Waals surface area contributed by atoms with Gasteiger partial charge in [-0.15, -0.1) is 0 Å². The van der Waals surface area contributed by atoms with E-state index in [0.29, 0.717) is 6.54 Å². The van der Waals surface area contributed by atoms with Crippen molar-refractivity contribution in [2.24, 2.45) is 0 Å². The highest BCUT2D eigenvalue weighted by molar-refractivity contribution is 5.85. The van der Waals surface area contributed by atoms with Gasteiger partial charge in [0.1, 0.15) is 13.1 Å². The van der Waals surface area contributed by atoms with Gasteiger partial charge in [-0.2, -0.15) is 13.2 Å². The van der Waals surface area contributed by atoms with Crippen LogP contribution in [0.2, 0.25) is 0 Å². The molecule has 1 heterocycles. The highest BCUT2D eigenvalue weighted by atomic mass is 19.4. The first-order valence-corrected chi connectivity index (χ1v) is 4.63. The van der Waals surface area contributed by atoms with Crippen molar-refractivity contribution in [3.63, 3.8) is 0 Å². The molecule has 5 nitrogen and oxygen atoms in total. The molecule has 0 saturated carbocycles. The smallest absolute Gasteiger partial charge is 0.342 e. The molecular weight excluding hydrogens is 227 g/mol. The van der Waals surface area contributed by atoms with E-state index in [1.165, 1.54) is 4.90 Å². The summed E-state index contributed by atoms with van der Waals surface area (Å²) >= 11 is 0. The van der Waals surface area contributed by atoms with E-state index < -0.39 is 18.8 Å². The standard InChI is InChI=1S/C8H12F3N3O2/c1-13-2-3-14(4-6(13)15)7(16)12-5-8(9,10)11/h2-5H2,1H3,(H,12,16). The van der Waals surface area contributed by atoms with E-state index in [0.717, 1.165) is 4.90 Å². The minimum atomic E-state index is -4.44. The van der Waals surface area contributed by atoms with Gasteiger partial charge in [0, 0.05) is 20.1 Å². The second-order valence-electron chi connectivity index (χ2n) is 3.51. The fourth-order valence-electron chi connectivity index (χ4n) is 1.22. The van der Waals surface area contributed by atoms with Crippen LogP contribution in [0, 0.1) is 0 Å². The van der Waals surface area contributed by atoms with Gasteiger partial charge in [-0.3, -0.25) is 4.79 Å². The molecule has 0 bridgehead atoms. The van der Waals surface area contributed by atoms with Crippen molar-refractivity contribution in [2.75, 3.05) is 33.2 Å². The molecule has 1 rings (SSSR count). The average molecular weight is 239 g/mol. The zero-order valence-corrected chi connectivity index (χ0v) is 8.67. The Hall–Kier alpha value is -1.47. The summed E-state index contributed by atoms with van der Waals surface area (Å²) in [6, 6.07) is -0.862. The summed E-state index contributed by atoms with van der Waals surface area (Å²) in [5, 5.41) is 1.72. The van der Waals surface area contributed by atoms with E-state index in [-0.39, 0.29) is 19.0 Å². The number of hydrogen-bond acceptors (Lipinski definition) is 2. The molecule has 0 unspecified atom stereocenters. The van der Waals surface area contributed by atoms with Crippen molar-refractivity contribution >= 4 is 11.9 Å². The van der Waals surface area contributed by atoms with Crippen molar-refractivity contribution in [3.05, 3.63) is 0 Å². The van der Waals surface area contributed by atoms with E-state index in [4.69, 9.17) is 0 Å². The van der Waals surface area contributed by atoms with E-state index in [1.807, 2.05) is 0 Å². The molecule has 0 aromatic heterocycles. The fourth-order valence-corrected chi connectivity index (χ4v) is 1.22. The highest BCUT2D eigenvalue weighted by Crippen LogP contribution is 2.12. The first-order chi connectivity index (χ1) is 7.29. The molecule has 0 spiro atoms. The van der Waals surface area contributed by atoms with Crippen molar-refractivity contribution < 1.29 is 22.8 Å². The van der Waals surface area contributed by atoms with Gasteiger partial charge < -0.3 is 15.1 Å². The third-order valence-corrected chi connectivity index (χ3v) is 2.18. The summed E-state index contributed by atoms with van der Waals surface area (Å²) in [6.07, 6.45) is -4.44. The second kappa shape index (κ2) is 4.58. The largest absolute Gasteiger partial charge is 0.405 e. The lowest BCUT2D eigenvalue weighted by atomic mass is 10.3. The molecule has 0 radical (unpaired) electrons. The Bertz CT molecular complexity index is 293. The molecule has 0 aromatic rings. The lowest BCUT2D eigenvalue weighted by Gasteiger charge is -2.31. The van der Waals surface area contributed by atoms with Crippen molar-refractivity contribution in [1.82, 2.24) is 15.1 Å². The van der Waals surface area contributed by atoms with Gasteiger partial charge in [-0.25, -0.2) is 4.79 Å². The minimum Gasteiger partial charge on any atom is -0.342 e. The van der Waals surface area contributed by atoms with Crippen molar-refractivity contribution in [3.8, 4) is 0 Å². The van der Waals surface area contributed by atoms with Gasteiger partial charge in [0.2, 0.25) is 5.91 Å². The number of rotatable bonds is 1. The molecule has 0 aliphatic carbocycles. The number of amides is 3. The molecule has 1 fully saturated rings. The summed E-state index contributed by atoms with van der Waals surface area (Å²) in [7, 11) is 1.58. The average Bonchev–Trinajstić information content (AvgIpc) is 2.17. The molecule has 16 heavy (non-hydrogen) atoms. The van der Waals surface area contributed by atoms with Gasteiger partial charge in [-0.1, -0.05) is 0 Å². The third kappa shape index (κ3) is 3.59. The Balaban J connectivity index is 2.41. The third-order valence-electron chi connectivity index (χ3n) is 2.18. The summed E-state index contributed by atoms with van der Waals surface area (Å²) in [5.41, 5.74) is 0. The van der Waals surface area contributed by atoms with Gasteiger partial charge in [-0.05, 0) is 0 Å². The zero-order valence-electron chi connectivity index (χ0n) is 8.67. The number of nitrogens with one attached hydrogen (secondary N) is 1. The Morgan fingerprint density at radius 1 is 1.44 bits per heavy atom. The summed E-state index contributed by atoms with van der Waals surface area (Å²) in [5.74, 6) is -0.284. The Kier molecular flexibility index (Phi) is 3.61. The minimum absolute atomic E-state index is 0.180. The monoisotopic (exact) mass is 239 g/mol. The number of halogens is 3. The SMILES string of the molecule is CN1CCN(C(=O)NCC(F)(F)F)CC1=O. The molecule has 3 amide bonds. The van der Waals surface area contributed by atoms with Crippen LogP contribution in [0.3, 0.4) is 0 Å². The van der Waals surface area contributed by atoms with Crippen LogP contribution in [-0.4, -0.2) is 61.1 Å².